The van der Waals surface area contributed by atoms with Crippen LogP contribution in [0.5, 0.6) is 5.75 Å². The lowest BCUT2D eigenvalue weighted by Gasteiger charge is -2.31. The van der Waals surface area contributed by atoms with Crippen molar-refractivity contribution in [1.82, 2.24) is 4.98 Å². The minimum atomic E-state index is -0.745. The molecule has 142 valence electrons. The third-order valence-corrected chi connectivity index (χ3v) is 4.42. The number of ether oxygens (including phenoxy) is 1. The first kappa shape index (κ1) is 22.2. The molecule has 3 N–H and O–H groups in total. The average molecular weight is 398 g/mol. The normalized spacial score (nSPS) is 15.1. The number of aromatic nitrogens is 1. The van der Waals surface area contributed by atoms with E-state index < -0.39 is 5.54 Å². The summed E-state index contributed by atoms with van der Waals surface area (Å²) in [5.74, 6) is 0.595. The number of nitrogens with two attached hydrogens (primary N) is 1. The predicted octanol–water partition coefficient (Wildman–Crippen LogP) is 4.10. The Bertz CT molecular complexity index is 692. The molecule has 0 unspecified atom stereocenters. The summed E-state index contributed by atoms with van der Waals surface area (Å²) < 4.78 is 5.76. The molecule has 2 aromatic rings. The maximum atomic E-state index is 12.5. The van der Waals surface area contributed by atoms with Crippen molar-refractivity contribution in [3.63, 3.8) is 0 Å². The first-order valence-corrected chi connectivity index (χ1v) is 8.38. The molecule has 0 bridgehead atoms. The Morgan fingerprint density at radius 3 is 2.62 bits per heavy atom. The van der Waals surface area contributed by atoms with E-state index in [9.17, 15) is 4.79 Å². The second kappa shape index (κ2) is 10.4. The van der Waals surface area contributed by atoms with E-state index in [-0.39, 0.29) is 30.7 Å². The third kappa shape index (κ3) is 5.87. The standard InChI is InChI=1S/C19H23N3O2.2ClH/c20-19(9-2-1-3-10-19)18(23)22-16-7-4-8-17(12-16)24-14-15-6-5-11-21-13-15;;/h4-8,11-13H,1-3,9-10,14,20H2,(H,22,23);2*1H. The molecule has 1 amide bonds. The van der Waals surface area contributed by atoms with Crippen molar-refractivity contribution in [2.75, 3.05) is 5.32 Å². The molecule has 26 heavy (non-hydrogen) atoms. The Morgan fingerprint density at radius 1 is 1.15 bits per heavy atom. The largest absolute Gasteiger partial charge is 0.489 e. The number of benzene rings is 1. The van der Waals surface area contributed by atoms with Gasteiger partial charge in [-0.15, -0.1) is 24.8 Å². The Morgan fingerprint density at radius 2 is 1.92 bits per heavy atom. The predicted molar refractivity (Wildman–Crippen MR) is 108 cm³/mol. The van der Waals surface area contributed by atoms with E-state index in [1.54, 1.807) is 12.4 Å². The lowest BCUT2D eigenvalue weighted by atomic mass is 9.82. The summed E-state index contributed by atoms with van der Waals surface area (Å²) >= 11 is 0. The summed E-state index contributed by atoms with van der Waals surface area (Å²) in [7, 11) is 0. The maximum absolute atomic E-state index is 12.5. The quantitative estimate of drug-likeness (QED) is 0.795. The van der Waals surface area contributed by atoms with E-state index in [0.717, 1.165) is 37.7 Å². The molecule has 1 aromatic heterocycles. The van der Waals surface area contributed by atoms with Crippen LogP contribution < -0.4 is 15.8 Å². The van der Waals surface area contributed by atoms with Crippen molar-refractivity contribution in [3.8, 4) is 5.75 Å². The molecule has 1 saturated carbocycles. The van der Waals surface area contributed by atoms with Crippen molar-refractivity contribution in [3.05, 3.63) is 54.4 Å². The highest BCUT2D eigenvalue weighted by molar-refractivity contribution is 5.98. The number of anilines is 1. The first-order valence-electron chi connectivity index (χ1n) is 8.38. The van der Waals surface area contributed by atoms with Crippen LogP contribution >= 0.6 is 24.8 Å². The molecule has 1 aliphatic rings. The smallest absolute Gasteiger partial charge is 0.244 e. The Labute approximate surface area is 166 Å². The fourth-order valence-corrected chi connectivity index (χ4v) is 2.98. The molecular formula is C19H25Cl2N3O2. The molecule has 1 fully saturated rings. The molecule has 0 saturated heterocycles. The van der Waals surface area contributed by atoms with Crippen LogP contribution in [-0.4, -0.2) is 16.4 Å². The van der Waals surface area contributed by atoms with Crippen LogP contribution in [0.25, 0.3) is 0 Å². The van der Waals surface area contributed by atoms with Gasteiger partial charge in [0, 0.05) is 29.7 Å². The number of halogens is 2. The van der Waals surface area contributed by atoms with Crippen molar-refractivity contribution in [2.45, 2.75) is 44.2 Å². The first-order chi connectivity index (χ1) is 11.7. The maximum Gasteiger partial charge on any atom is 0.244 e. The van der Waals surface area contributed by atoms with E-state index in [0.29, 0.717) is 18.0 Å². The second-order valence-corrected chi connectivity index (χ2v) is 6.35. The second-order valence-electron chi connectivity index (χ2n) is 6.35. The van der Waals surface area contributed by atoms with Crippen LogP contribution in [0.1, 0.15) is 37.7 Å². The summed E-state index contributed by atoms with van der Waals surface area (Å²) in [4.78, 5) is 16.6. The topological polar surface area (TPSA) is 77.2 Å². The Kier molecular flexibility index (Phi) is 8.85. The fourth-order valence-electron chi connectivity index (χ4n) is 2.98. The Hall–Kier alpha value is -1.82. The van der Waals surface area contributed by atoms with Gasteiger partial charge in [0.15, 0.2) is 0 Å². The molecule has 0 spiro atoms. The van der Waals surface area contributed by atoms with E-state index >= 15 is 0 Å². The summed E-state index contributed by atoms with van der Waals surface area (Å²) in [5.41, 5.74) is 7.23. The van der Waals surface area contributed by atoms with Crippen LogP contribution in [0.4, 0.5) is 5.69 Å². The van der Waals surface area contributed by atoms with E-state index in [1.165, 1.54) is 0 Å². The van der Waals surface area contributed by atoms with Gasteiger partial charge in [-0.1, -0.05) is 31.4 Å². The van der Waals surface area contributed by atoms with Gasteiger partial charge in [0.05, 0.1) is 5.54 Å². The van der Waals surface area contributed by atoms with Gasteiger partial charge in [0.1, 0.15) is 12.4 Å². The summed E-state index contributed by atoms with van der Waals surface area (Å²) in [6.07, 6.45) is 8.17. The zero-order chi connectivity index (χ0) is 16.8. The molecule has 0 radical (unpaired) electrons. The lowest BCUT2D eigenvalue weighted by molar-refractivity contribution is -0.122. The number of nitrogens with one attached hydrogen (secondary N) is 1. The van der Waals surface area contributed by atoms with Crippen molar-refractivity contribution < 1.29 is 9.53 Å². The van der Waals surface area contributed by atoms with Gasteiger partial charge in [-0.05, 0) is 31.0 Å². The molecule has 0 atom stereocenters. The van der Waals surface area contributed by atoms with Crippen molar-refractivity contribution in [2.24, 2.45) is 5.73 Å². The third-order valence-electron chi connectivity index (χ3n) is 4.42. The summed E-state index contributed by atoms with van der Waals surface area (Å²) in [6, 6.07) is 11.2. The van der Waals surface area contributed by atoms with Gasteiger partial charge >= 0.3 is 0 Å². The number of carbonyl (C=O) groups excluding carboxylic acids is 1. The minimum absolute atomic E-state index is 0. The molecule has 0 aliphatic heterocycles. The zero-order valence-electron chi connectivity index (χ0n) is 14.5. The molecular weight excluding hydrogens is 373 g/mol. The highest BCUT2D eigenvalue weighted by atomic mass is 35.5. The highest BCUT2D eigenvalue weighted by Crippen LogP contribution is 2.28. The van der Waals surface area contributed by atoms with Crippen molar-refractivity contribution in [1.29, 1.82) is 0 Å². The van der Waals surface area contributed by atoms with Gasteiger partial charge in [0.2, 0.25) is 5.91 Å². The van der Waals surface area contributed by atoms with E-state index in [4.69, 9.17) is 10.5 Å². The number of nitrogens with zero attached hydrogens (tertiary/aromatic N) is 1. The van der Waals surface area contributed by atoms with Crippen LogP contribution in [0.2, 0.25) is 0 Å². The summed E-state index contributed by atoms with van der Waals surface area (Å²) in [6.45, 7) is 0.437. The molecule has 3 rings (SSSR count). The zero-order valence-corrected chi connectivity index (χ0v) is 16.2. The minimum Gasteiger partial charge on any atom is -0.489 e. The summed E-state index contributed by atoms with van der Waals surface area (Å²) in [5, 5.41) is 2.93. The number of pyridine rings is 1. The van der Waals surface area contributed by atoms with Gasteiger partial charge < -0.3 is 15.8 Å². The van der Waals surface area contributed by atoms with Gasteiger partial charge in [-0.3, -0.25) is 9.78 Å². The number of hydrogen-bond donors (Lipinski definition) is 2. The van der Waals surface area contributed by atoms with Gasteiger partial charge in [-0.25, -0.2) is 0 Å². The van der Waals surface area contributed by atoms with E-state index in [1.807, 2.05) is 36.4 Å². The van der Waals surface area contributed by atoms with Crippen molar-refractivity contribution >= 4 is 36.4 Å². The van der Waals surface area contributed by atoms with Gasteiger partial charge in [0.25, 0.3) is 0 Å². The molecule has 1 heterocycles. The number of rotatable bonds is 5. The van der Waals surface area contributed by atoms with Crippen LogP contribution in [0.15, 0.2) is 48.8 Å². The highest BCUT2D eigenvalue weighted by Gasteiger charge is 2.35. The fraction of sp³-hybridized carbons (Fsp3) is 0.368. The van der Waals surface area contributed by atoms with Gasteiger partial charge in [-0.2, -0.15) is 0 Å². The number of hydrogen-bond acceptors (Lipinski definition) is 4. The molecule has 1 aromatic carbocycles. The molecule has 1 aliphatic carbocycles. The SMILES string of the molecule is Cl.Cl.NC1(C(=O)Nc2cccc(OCc3cccnc3)c2)CCCCC1. The van der Waals surface area contributed by atoms with Crippen LogP contribution in [0.3, 0.4) is 0 Å². The monoisotopic (exact) mass is 397 g/mol. The lowest BCUT2D eigenvalue weighted by Crippen LogP contribution is -2.52. The Balaban J connectivity index is 0.00000169. The molecule has 5 nitrogen and oxygen atoms in total. The molecule has 7 heteroatoms. The van der Waals surface area contributed by atoms with Crippen LogP contribution in [0, 0.1) is 0 Å². The average Bonchev–Trinajstić information content (AvgIpc) is 2.62. The number of carbonyl (C=O) groups is 1. The number of amides is 1. The van der Waals surface area contributed by atoms with E-state index in [2.05, 4.69) is 10.3 Å². The van der Waals surface area contributed by atoms with Crippen LogP contribution in [-0.2, 0) is 11.4 Å².